The van der Waals surface area contributed by atoms with Crippen molar-refractivity contribution in [2.24, 2.45) is 5.41 Å². The summed E-state index contributed by atoms with van der Waals surface area (Å²) in [6.07, 6.45) is -0.255. The second kappa shape index (κ2) is 5.48. The van der Waals surface area contributed by atoms with Crippen LogP contribution in [-0.4, -0.2) is 46.0 Å². The first kappa shape index (κ1) is 14.4. The van der Waals surface area contributed by atoms with E-state index in [9.17, 15) is 14.4 Å². The van der Waals surface area contributed by atoms with Crippen LogP contribution < -0.4 is 0 Å². The number of hydrogen-bond acceptors (Lipinski definition) is 3. The highest BCUT2D eigenvalue weighted by Crippen LogP contribution is 2.17. The van der Waals surface area contributed by atoms with Gasteiger partial charge in [0.2, 0.25) is 5.91 Å². The van der Waals surface area contributed by atoms with E-state index in [1.165, 1.54) is 0 Å². The maximum atomic E-state index is 11.8. The van der Waals surface area contributed by atoms with Gasteiger partial charge in [-0.3, -0.25) is 14.4 Å². The Labute approximate surface area is 93.9 Å². The molecule has 2 N–H and O–H groups in total. The first-order valence-electron chi connectivity index (χ1n) is 4.87. The van der Waals surface area contributed by atoms with E-state index in [0.717, 1.165) is 4.90 Å². The molecule has 16 heavy (non-hydrogen) atoms. The van der Waals surface area contributed by atoms with Crippen molar-refractivity contribution in [3.8, 4) is 0 Å². The summed E-state index contributed by atoms with van der Waals surface area (Å²) < 4.78 is 0. The average Bonchev–Trinajstić information content (AvgIpc) is 2.08. The number of carbonyl (C=O) groups is 3. The molecule has 0 spiro atoms. The summed E-state index contributed by atoms with van der Waals surface area (Å²) in [6.45, 7) is 4.42. The van der Waals surface area contributed by atoms with Crippen LogP contribution >= 0.6 is 0 Å². The van der Waals surface area contributed by atoms with Gasteiger partial charge in [0.05, 0.1) is 6.42 Å². The molecular weight excluding hydrogens is 214 g/mol. The minimum atomic E-state index is -1.15. The van der Waals surface area contributed by atoms with Crippen LogP contribution in [-0.2, 0) is 14.4 Å². The van der Waals surface area contributed by atoms with Crippen molar-refractivity contribution in [3.05, 3.63) is 0 Å². The molecule has 0 rings (SSSR count). The number of carbonyl (C=O) groups excluding carboxylic acids is 1. The topological polar surface area (TPSA) is 94.9 Å². The molecule has 0 radical (unpaired) electrons. The van der Waals surface area contributed by atoms with Gasteiger partial charge in [-0.15, -0.1) is 0 Å². The molecule has 0 bridgehead atoms. The molecular formula is C10H17NO5. The standard InChI is InChI=1S/C10H17NO5/c1-10(2,3)9(16)11(6-8(14)15)5-4-7(12)13/h4-6H2,1-3H3,(H,12,13)(H,14,15). The normalized spacial score (nSPS) is 10.9. The Morgan fingerprint density at radius 1 is 1.06 bits per heavy atom. The molecule has 0 atom stereocenters. The van der Waals surface area contributed by atoms with Gasteiger partial charge in [-0.2, -0.15) is 0 Å². The van der Waals surface area contributed by atoms with Crippen molar-refractivity contribution in [1.29, 1.82) is 0 Å². The fourth-order valence-electron chi connectivity index (χ4n) is 1.12. The molecule has 0 aliphatic heterocycles. The van der Waals surface area contributed by atoms with Gasteiger partial charge >= 0.3 is 11.9 Å². The van der Waals surface area contributed by atoms with Crippen molar-refractivity contribution in [2.75, 3.05) is 13.1 Å². The fourth-order valence-corrected chi connectivity index (χ4v) is 1.12. The van der Waals surface area contributed by atoms with Crippen LogP contribution in [0.3, 0.4) is 0 Å². The molecule has 0 aromatic rings. The van der Waals surface area contributed by atoms with E-state index in [-0.39, 0.29) is 18.9 Å². The number of carboxylic acids is 2. The molecule has 92 valence electrons. The largest absolute Gasteiger partial charge is 0.481 e. The Hall–Kier alpha value is -1.59. The van der Waals surface area contributed by atoms with Crippen LogP contribution in [0.5, 0.6) is 0 Å². The zero-order chi connectivity index (χ0) is 12.9. The summed E-state index contributed by atoms with van der Waals surface area (Å²) >= 11 is 0. The van der Waals surface area contributed by atoms with Crippen molar-refractivity contribution in [1.82, 2.24) is 4.90 Å². The molecule has 0 fully saturated rings. The van der Waals surface area contributed by atoms with E-state index in [0.29, 0.717) is 0 Å². The van der Waals surface area contributed by atoms with Crippen LogP contribution in [0.25, 0.3) is 0 Å². The summed E-state index contributed by atoms with van der Waals surface area (Å²) in [4.78, 5) is 33.8. The lowest BCUT2D eigenvalue weighted by atomic mass is 9.94. The molecule has 0 saturated heterocycles. The number of rotatable bonds is 5. The number of amides is 1. The second-order valence-electron chi connectivity index (χ2n) is 4.51. The smallest absolute Gasteiger partial charge is 0.323 e. The third-order valence-electron chi connectivity index (χ3n) is 1.85. The lowest BCUT2D eigenvalue weighted by Gasteiger charge is -2.27. The Morgan fingerprint density at radius 2 is 1.56 bits per heavy atom. The highest BCUT2D eigenvalue weighted by Gasteiger charge is 2.28. The number of hydrogen-bond donors (Lipinski definition) is 2. The number of carboxylic acid groups (broad SMARTS) is 2. The maximum absolute atomic E-state index is 11.8. The quantitative estimate of drug-likeness (QED) is 0.715. The van der Waals surface area contributed by atoms with Gasteiger partial charge in [0.1, 0.15) is 6.54 Å². The molecule has 6 nitrogen and oxygen atoms in total. The van der Waals surface area contributed by atoms with Crippen molar-refractivity contribution >= 4 is 17.8 Å². The van der Waals surface area contributed by atoms with E-state index in [1.807, 2.05) is 0 Å². The summed E-state index contributed by atoms with van der Waals surface area (Å²) in [5, 5.41) is 17.1. The highest BCUT2D eigenvalue weighted by molar-refractivity contribution is 5.85. The van der Waals surface area contributed by atoms with Crippen LogP contribution in [0.1, 0.15) is 27.2 Å². The van der Waals surface area contributed by atoms with E-state index in [2.05, 4.69) is 0 Å². The lowest BCUT2D eigenvalue weighted by Crippen LogP contribution is -2.43. The lowest BCUT2D eigenvalue weighted by molar-refractivity contribution is -0.149. The Bertz CT molecular complexity index is 292. The molecule has 0 heterocycles. The van der Waals surface area contributed by atoms with Crippen LogP contribution in [0.15, 0.2) is 0 Å². The van der Waals surface area contributed by atoms with Gasteiger partial charge in [-0.05, 0) is 0 Å². The van der Waals surface area contributed by atoms with Crippen molar-refractivity contribution in [2.45, 2.75) is 27.2 Å². The van der Waals surface area contributed by atoms with Crippen molar-refractivity contribution in [3.63, 3.8) is 0 Å². The molecule has 0 aliphatic rings. The number of nitrogens with zero attached hydrogens (tertiary/aromatic N) is 1. The minimum absolute atomic E-state index is 0.0856. The first-order chi connectivity index (χ1) is 7.14. The zero-order valence-corrected chi connectivity index (χ0v) is 9.69. The fraction of sp³-hybridized carbons (Fsp3) is 0.700. The molecule has 0 aromatic heterocycles. The van der Waals surface area contributed by atoms with Gasteiger partial charge in [0.15, 0.2) is 0 Å². The summed E-state index contributed by atoms with van der Waals surface area (Å²) in [5.41, 5.74) is -0.714. The third-order valence-corrected chi connectivity index (χ3v) is 1.85. The third kappa shape index (κ3) is 5.33. The minimum Gasteiger partial charge on any atom is -0.481 e. The molecule has 0 saturated carbocycles. The van der Waals surface area contributed by atoms with E-state index >= 15 is 0 Å². The van der Waals surface area contributed by atoms with E-state index < -0.39 is 23.9 Å². The summed E-state index contributed by atoms with van der Waals surface area (Å²) in [5.74, 6) is -2.57. The SMILES string of the molecule is CC(C)(C)C(=O)N(CCC(=O)O)CC(=O)O. The summed E-state index contributed by atoms with van der Waals surface area (Å²) in [6, 6.07) is 0. The van der Waals surface area contributed by atoms with Gasteiger partial charge < -0.3 is 15.1 Å². The van der Waals surface area contributed by atoms with E-state index in [1.54, 1.807) is 20.8 Å². The van der Waals surface area contributed by atoms with Gasteiger partial charge in [-0.1, -0.05) is 20.8 Å². The second-order valence-corrected chi connectivity index (χ2v) is 4.51. The predicted octanol–water partition coefficient (Wildman–Crippen LogP) is 0.420. The Morgan fingerprint density at radius 3 is 1.88 bits per heavy atom. The predicted molar refractivity (Wildman–Crippen MR) is 55.9 cm³/mol. The van der Waals surface area contributed by atoms with Gasteiger partial charge in [0, 0.05) is 12.0 Å². The maximum Gasteiger partial charge on any atom is 0.323 e. The monoisotopic (exact) mass is 231 g/mol. The Kier molecular flexibility index (Phi) is 4.94. The molecule has 0 aliphatic carbocycles. The highest BCUT2D eigenvalue weighted by atomic mass is 16.4. The van der Waals surface area contributed by atoms with Gasteiger partial charge in [-0.25, -0.2) is 0 Å². The first-order valence-corrected chi connectivity index (χ1v) is 4.87. The molecule has 0 aromatic carbocycles. The summed E-state index contributed by atoms with van der Waals surface area (Å²) in [7, 11) is 0. The number of aliphatic carboxylic acids is 2. The van der Waals surface area contributed by atoms with Crippen LogP contribution in [0, 0.1) is 5.41 Å². The molecule has 1 amide bonds. The van der Waals surface area contributed by atoms with Crippen LogP contribution in [0.4, 0.5) is 0 Å². The van der Waals surface area contributed by atoms with Gasteiger partial charge in [0.25, 0.3) is 0 Å². The van der Waals surface area contributed by atoms with Crippen molar-refractivity contribution < 1.29 is 24.6 Å². The average molecular weight is 231 g/mol. The Balaban J connectivity index is 4.60. The molecule has 6 heteroatoms. The van der Waals surface area contributed by atoms with Crippen LogP contribution in [0.2, 0.25) is 0 Å². The molecule has 0 unspecified atom stereocenters. The van der Waals surface area contributed by atoms with E-state index in [4.69, 9.17) is 10.2 Å². The zero-order valence-electron chi connectivity index (χ0n) is 9.69.